The van der Waals surface area contributed by atoms with Crippen molar-refractivity contribution in [1.82, 2.24) is 0 Å². The summed E-state index contributed by atoms with van der Waals surface area (Å²) >= 11 is -2.77. The standard InChI is InChI=1S/C15H13.C13H10.C12H19.2ClH.Zr/c1-10-3-5-14-12(7-10)9-13-8-11(2)4-6-15(13)14;1-3-7-12(8-4-1)11-13-9-5-2-6-10-13;1-5-6-10-7-8-11(9-10)12(2,3)4;;;/h3-9H,1-2H3;1-10H;8-10H,5-6H2,1-4H3;2*1H;/q;;;;;+2/p-2. The van der Waals surface area contributed by atoms with Crippen LogP contribution in [-0.2, 0) is 21.3 Å². The van der Waals surface area contributed by atoms with E-state index in [9.17, 15) is 0 Å². The van der Waals surface area contributed by atoms with Crippen LogP contribution in [0.1, 0.15) is 77.5 Å². The Balaban J connectivity index is 0.00000212. The molecule has 0 radical (unpaired) electrons. The SMILES string of the molecule is CCCC1C=C(C(C)(C)C)C=[C]1[Zr+2](=[C](c1ccccc1)c1ccccc1)[CH]1c2cc(C)ccc2-c2ccc(C)cc21.[Cl-].[Cl-]. The maximum absolute atomic E-state index is 2.77. The van der Waals surface area contributed by atoms with Crippen LogP contribution < -0.4 is 24.8 Å². The zero-order valence-corrected chi connectivity index (χ0v) is 30.2. The van der Waals surface area contributed by atoms with Crippen molar-refractivity contribution in [2.45, 2.75) is 58.0 Å². The smallest absolute Gasteiger partial charge is 1.00 e. The fraction of sp³-hybridized carbons (Fsp3) is 0.275. The first-order valence-electron chi connectivity index (χ1n) is 15.3. The molecular weight excluding hydrogens is 643 g/mol. The predicted molar refractivity (Wildman–Crippen MR) is 173 cm³/mol. The molecule has 0 aliphatic heterocycles. The van der Waals surface area contributed by atoms with Gasteiger partial charge in [0.25, 0.3) is 0 Å². The van der Waals surface area contributed by atoms with Crippen molar-refractivity contribution < 1.29 is 46.1 Å². The van der Waals surface area contributed by atoms with Crippen molar-refractivity contribution in [1.29, 1.82) is 0 Å². The molecule has 1 unspecified atom stereocenters. The van der Waals surface area contributed by atoms with E-state index >= 15 is 0 Å². The van der Waals surface area contributed by atoms with Gasteiger partial charge in [0.05, 0.1) is 0 Å². The van der Waals surface area contributed by atoms with Crippen LogP contribution in [0.4, 0.5) is 0 Å². The van der Waals surface area contributed by atoms with Crippen LogP contribution in [0.2, 0.25) is 0 Å². The first-order valence-corrected chi connectivity index (χ1v) is 19.1. The van der Waals surface area contributed by atoms with Crippen molar-refractivity contribution in [3.63, 3.8) is 0 Å². The summed E-state index contributed by atoms with van der Waals surface area (Å²) in [5.74, 6) is 0.521. The summed E-state index contributed by atoms with van der Waals surface area (Å²) in [4.78, 5) is 0. The van der Waals surface area contributed by atoms with Gasteiger partial charge in [0.2, 0.25) is 0 Å². The fourth-order valence-corrected chi connectivity index (χ4v) is 16.5. The number of fused-ring (bicyclic) bond motifs is 3. The monoisotopic (exact) mass is 682 g/mol. The Morgan fingerprint density at radius 3 is 1.63 bits per heavy atom. The third-order valence-electron chi connectivity index (χ3n) is 8.88. The van der Waals surface area contributed by atoms with E-state index in [1.54, 1.807) is 17.6 Å². The Bertz CT molecular complexity index is 1590. The van der Waals surface area contributed by atoms with E-state index in [0.717, 1.165) is 0 Å². The van der Waals surface area contributed by atoms with Gasteiger partial charge in [-0.1, -0.05) is 0 Å². The molecule has 1 atom stereocenters. The number of hydrogen-bond acceptors (Lipinski definition) is 0. The molecule has 0 saturated carbocycles. The van der Waals surface area contributed by atoms with E-state index < -0.39 is 21.3 Å². The number of rotatable bonds is 6. The summed E-state index contributed by atoms with van der Waals surface area (Å²) in [6.45, 7) is 14.0. The minimum absolute atomic E-state index is 0. The Morgan fingerprint density at radius 2 is 1.19 bits per heavy atom. The van der Waals surface area contributed by atoms with E-state index in [-0.39, 0.29) is 30.2 Å². The number of halogens is 2. The van der Waals surface area contributed by atoms with Gasteiger partial charge in [-0.05, 0) is 0 Å². The predicted octanol–water partition coefficient (Wildman–Crippen LogP) is 4.55. The average Bonchev–Trinajstić information content (AvgIpc) is 3.51. The van der Waals surface area contributed by atoms with Crippen molar-refractivity contribution in [3.8, 4) is 11.1 Å². The van der Waals surface area contributed by atoms with Gasteiger partial charge in [-0.15, -0.1) is 0 Å². The molecule has 0 fully saturated rings. The van der Waals surface area contributed by atoms with Gasteiger partial charge in [-0.25, -0.2) is 0 Å². The molecular formula is C40H42Cl2Zr. The molecule has 0 bridgehead atoms. The zero-order chi connectivity index (χ0) is 28.7. The first kappa shape index (κ1) is 33.6. The van der Waals surface area contributed by atoms with Gasteiger partial charge in [0.15, 0.2) is 0 Å². The normalized spacial score (nSPS) is 15.2. The zero-order valence-electron chi connectivity index (χ0n) is 26.2. The van der Waals surface area contributed by atoms with Crippen LogP contribution in [0.25, 0.3) is 11.1 Å². The summed E-state index contributed by atoms with van der Waals surface area (Å²) in [7, 11) is 0. The van der Waals surface area contributed by atoms with Gasteiger partial charge >= 0.3 is 256 Å². The molecule has 0 aromatic heterocycles. The second-order valence-electron chi connectivity index (χ2n) is 13.0. The molecule has 0 heterocycles. The van der Waals surface area contributed by atoms with Gasteiger partial charge < -0.3 is 24.8 Å². The molecule has 4 aromatic carbocycles. The van der Waals surface area contributed by atoms with Crippen molar-refractivity contribution in [2.24, 2.45) is 11.3 Å². The number of hydrogen-bond donors (Lipinski definition) is 0. The fourth-order valence-electron chi connectivity index (χ4n) is 6.88. The van der Waals surface area contributed by atoms with E-state index in [1.807, 2.05) is 0 Å². The Morgan fingerprint density at radius 1 is 0.698 bits per heavy atom. The maximum Gasteiger partial charge on any atom is -1.00 e. The van der Waals surface area contributed by atoms with E-state index in [4.69, 9.17) is 0 Å². The van der Waals surface area contributed by atoms with Crippen LogP contribution >= 0.6 is 0 Å². The summed E-state index contributed by atoms with van der Waals surface area (Å²) in [6.07, 6.45) is 7.76. The molecule has 4 aromatic rings. The Labute approximate surface area is 279 Å². The van der Waals surface area contributed by atoms with Crippen molar-refractivity contribution in [3.05, 3.63) is 151 Å². The van der Waals surface area contributed by atoms with Gasteiger partial charge in [-0.2, -0.15) is 0 Å². The maximum atomic E-state index is 2.68. The number of aryl methyl sites for hydroxylation is 2. The third kappa shape index (κ3) is 6.56. The van der Waals surface area contributed by atoms with Crippen LogP contribution in [0.5, 0.6) is 0 Å². The molecule has 2 aliphatic carbocycles. The molecule has 0 N–H and O–H groups in total. The molecule has 2 aliphatic rings. The van der Waals surface area contributed by atoms with Gasteiger partial charge in [0, 0.05) is 0 Å². The minimum Gasteiger partial charge on any atom is -1.00 e. The summed E-state index contributed by atoms with van der Waals surface area (Å²) in [6, 6.07) is 37.2. The quantitative estimate of drug-likeness (QED) is 0.280. The van der Waals surface area contributed by atoms with E-state index in [0.29, 0.717) is 9.54 Å². The molecule has 0 amide bonds. The molecule has 43 heavy (non-hydrogen) atoms. The summed E-state index contributed by atoms with van der Waals surface area (Å²) < 4.78 is 3.85. The summed E-state index contributed by atoms with van der Waals surface area (Å²) in [5.41, 5.74) is 13.2. The number of allylic oxidation sites excluding steroid dienone is 4. The Hall–Kier alpha value is -2.31. The topological polar surface area (TPSA) is 0 Å². The van der Waals surface area contributed by atoms with Gasteiger partial charge in [-0.3, -0.25) is 0 Å². The van der Waals surface area contributed by atoms with E-state index in [1.165, 1.54) is 51.8 Å². The summed E-state index contributed by atoms with van der Waals surface area (Å²) in [5, 5.41) is 0. The second kappa shape index (κ2) is 13.8. The van der Waals surface area contributed by atoms with Gasteiger partial charge in [0.1, 0.15) is 0 Å². The molecule has 220 valence electrons. The van der Waals surface area contributed by atoms with Crippen LogP contribution in [0.3, 0.4) is 0 Å². The third-order valence-corrected chi connectivity index (χ3v) is 17.4. The van der Waals surface area contributed by atoms with Crippen LogP contribution in [0.15, 0.2) is 118 Å². The van der Waals surface area contributed by atoms with Crippen LogP contribution in [-0.4, -0.2) is 3.21 Å². The molecule has 6 rings (SSSR count). The first-order chi connectivity index (χ1) is 19.8. The van der Waals surface area contributed by atoms with Crippen molar-refractivity contribution in [2.75, 3.05) is 0 Å². The number of benzene rings is 4. The molecule has 0 spiro atoms. The van der Waals surface area contributed by atoms with Crippen LogP contribution in [0, 0.1) is 25.2 Å². The Kier molecular flexibility index (Phi) is 10.8. The largest absolute Gasteiger partial charge is 1.00 e. The molecule has 0 nitrogen and oxygen atoms in total. The molecule has 0 saturated heterocycles. The van der Waals surface area contributed by atoms with Crippen molar-refractivity contribution >= 4 is 3.21 Å². The second-order valence-corrected chi connectivity index (χ2v) is 19.1. The minimum atomic E-state index is -2.77. The van der Waals surface area contributed by atoms with E-state index in [2.05, 4.69) is 151 Å². The molecule has 3 heteroatoms. The average molecular weight is 685 g/mol.